The lowest BCUT2D eigenvalue weighted by Gasteiger charge is -2.44. The maximum Gasteiger partial charge on any atom is 0.240 e. The van der Waals surface area contributed by atoms with Gasteiger partial charge >= 0.3 is 0 Å². The topological polar surface area (TPSA) is 35.6 Å². The Kier molecular flexibility index (Phi) is 3.56. The molecular weight excluding hydrogens is 238 g/mol. The molecule has 0 aromatic heterocycles. The molecule has 108 valence electrons. The van der Waals surface area contributed by atoms with Crippen LogP contribution in [0.25, 0.3) is 0 Å². The summed E-state index contributed by atoms with van der Waals surface area (Å²) in [6.07, 6.45) is 4.91. The summed E-state index contributed by atoms with van der Waals surface area (Å²) in [5.74, 6) is 0.344. The van der Waals surface area contributed by atoms with Gasteiger partial charge in [0, 0.05) is 25.7 Å². The second-order valence-corrected chi connectivity index (χ2v) is 7.10. The Balaban J connectivity index is 1.66. The summed E-state index contributed by atoms with van der Waals surface area (Å²) in [7, 11) is 0. The van der Waals surface area contributed by atoms with E-state index in [1.54, 1.807) is 0 Å². The largest absolute Gasteiger partial charge is 0.338 e. The Morgan fingerprint density at radius 1 is 1.21 bits per heavy atom. The van der Waals surface area contributed by atoms with Gasteiger partial charge in [0.2, 0.25) is 5.91 Å². The van der Waals surface area contributed by atoms with E-state index >= 15 is 0 Å². The van der Waals surface area contributed by atoms with Gasteiger partial charge in [-0.2, -0.15) is 0 Å². The molecule has 0 saturated carbocycles. The van der Waals surface area contributed by atoms with E-state index in [4.69, 9.17) is 0 Å². The fourth-order valence-corrected chi connectivity index (χ4v) is 4.01. The monoisotopic (exact) mass is 265 g/mol. The first-order chi connectivity index (χ1) is 9.08. The van der Waals surface area contributed by atoms with Crippen molar-refractivity contribution in [2.75, 3.05) is 32.7 Å². The predicted octanol–water partition coefficient (Wildman–Crippen LogP) is 1.07. The zero-order chi connectivity index (χ0) is 13.5. The Bertz CT molecular complexity index is 355. The van der Waals surface area contributed by atoms with Crippen LogP contribution in [-0.2, 0) is 4.79 Å². The Morgan fingerprint density at radius 3 is 2.84 bits per heavy atom. The van der Waals surface area contributed by atoms with E-state index in [9.17, 15) is 4.79 Å². The van der Waals surface area contributed by atoms with Gasteiger partial charge in [-0.05, 0) is 44.2 Å². The average molecular weight is 265 g/mol. The highest BCUT2D eigenvalue weighted by molar-refractivity contribution is 5.83. The summed E-state index contributed by atoms with van der Waals surface area (Å²) in [5, 5.41) is 3.46. The van der Waals surface area contributed by atoms with Gasteiger partial charge in [-0.1, -0.05) is 13.8 Å². The molecule has 0 aliphatic carbocycles. The smallest absolute Gasteiger partial charge is 0.240 e. The third-order valence-corrected chi connectivity index (χ3v) is 5.27. The zero-order valence-corrected chi connectivity index (χ0v) is 12.3. The van der Waals surface area contributed by atoms with Crippen LogP contribution in [0.3, 0.4) is 0 Å². The molecule has 3 fully saturated rings. The summed E-state index contributed by atoms with van der Waals surface area (Å²) in [4.78, 5) is 17.5. The summed E-state index contributed by atoms with van der Waals surface area (Å²) in [5.41, 5.74) is 0.0993. The minimum Gasteiger partial charge on any atom is -0.338 e. The molecule has 2 unspecified atom stereocenters. The first-order valence-electron chi connectivity index (χ1n) is 7.84. The second-order valence-electron chi connectivity index (χ2n) is 7.10. The Labute approximate surface area is 116 Å². The molecule has 0 spiro atoms. The number of fused-ring (bicyclic) bond motifs is 1. The van der Waals surface area contributed by atoms with Crippen LogP contribution in [0.15, 0.2) is 0 Å². The van der Waals surface area contributed by atoms with Crippen molar-refractivity contribution in [3.05, 3.63) is 0 Å². The van der Waals surface area contributed by atoms with Gasteiger partial charge < -0.3 is 10.2 Å². The van der Waals surface area contributed by atoms with E-state index < -0.39 is 0 Å². The fourth-order valence-electron chi connectivity index (χ4n) is 4.01. The predicted molar refractivity (Wildman–Crippen MR) is 76.0 cm³/mol. The lowest BCUT2D eigenvalue weighted by Crippen LogP contribution is -2.61. The molecule has 1 N–H and O–H groups in total. The van der Waals surface area contributed by atoms with Crippen LogP contribution >= 0.6 is 0 Å². The lowest BCUT2D eigenvalue weighted by molar-refractivity contribution is -0.140. The van der Waals surface area contributed by atoms with E-state index in [1.165, 1.54) is 25.8 Å². The number of hydrogen-bond acceptors (Lipinski definition) is 3. The van der Waals surface area contributed by atoms with Crippen LogP contribution in [0.2, 0.25) is 0 Å². The molecule has 0 bridgehead atoms. The van der Waals surface area contributed by atoms with Crippen molar-refractivity contribution in [2.45, 2.75) is 51.6 Å². The molecule has 3 aliphatic heterocycles. The Morgan fingerprint density at radius 2 is 2.05 bits per heavy atom. The third-order valence-electron chi connectivity index (χ3n) is 5.27. The number of rotatable bonds is 1. The quantitative estimate of drug-likeness (QED) is 0.770. The van der Waals surface area contributed by atoms with Crippen LogP contribution in [-0.4, -0.2) is 60.5 Å². The van der Waals surface area contributed by atoms with Gasteiger partial charge in [0.05, 0.1) is 6.04 Å². The van der Waals surface area contributed by atoms with Gasteiger partial charge in [0.15, 0.2) is 0 Å². The summed E-state index contributed by atoms with van der Waals surface area (Å²) in [6, 6.07) is 0.651. The van der Waals surface area contributed by atoms with Gasteiger partial charge in [-0.15, -0.1) is 0 Å². The number of piperidine rings is 1. The molecule has 3 aliphatic rings. The molecule has 19 heavy (non-hydrogen) atoms. The molecule has 0 aromatic carbocycles. The van der Waals surface area contributed by atoms with Crippen LogP contribution in [0, 0.1) is 5.41 Å². The number of amides is 1. The molecular formula is C15H27N3O. The molecule has 4 heteroatoms. The molecule has 0 aromatic rings. The number of carbonyl (C=O) groups is 1. The minimum atomic E-state index is 0.0224. The summed E-state index contributed by atoms with van der Waals surface area (Å²) >= 11 is 0. The van der Waals surface area contributed by atoms with Crippen molar-refractivity contribution in [2.24, 2.45) is 5.41 Å². The van der Waals surface area contributed by atoms with Crippen molar-refractivity contribution in [1.29, 1.82) is 0 Å². The molecule has 4 nitrogen and oxygen atoms in total. The van der Waals surface area contributed by atoms with E-state index in [2.05, 4.69) is 29.0 Å². The summed E-state index contributed by atoms with van der Waals surface area (Å²) < 4.78 is 0. The second kappa shape index (κ2) is 5.06. The number of carbonyl (C=O) groups excluding carboxylic acids is 1. The molecule has 1 amide bonds. The summed E-state index contributed by atoms with van der Waals surface area (Å²) in [6.45, 7) is 9.63. The number of nitrogens with zero attached hydrogens (tertiary/aromatic N) is 2. The van der Waals surface area contributed by atoms with Crippen LogP contribution in [0.1, 0.15) is 39.5 Å². The highest BCUT2D eigenvalue weighted by Gasteiger charge is 2.41. The van der Waals surface area contributed by atoms with Crippen molar-refractivity contribution < 1.29 is 4.79 Å². The average Bonchev–Trinajstić information content (AvgIpc) is 2.84. The van der Waals surface area contributed by atoms with Crippen molar-refractivity contribution >= 4 is 5.91 Å². The van der Waals surface area contributed by atoms with Crippen molar-refractivity contribution in [3.8, 4) is 0 Å². The van der Waals surface area contributed by atoms with Gasteiger partial charge in [0.25, 0.3) is 0 Å². The van der Waals surface area contributed by atoms with E-state index in [-0.39, 0.29) is 11.5 Å². The minimum absolute atomic E-state index is 0.0224. The molecule has 3 saturated heterocycles. The number of hydrogen-bond donors (Lipinski definition) is 1. The van der Waals surface area contributed by atoms with Gasteiger partial charge in [0.1, 0.15) is 0 Å². The maximum absolute atomic E-state index is 12.8. The van der Waals surface area contributed by atoms with E-state index in [1.807, 2.05) is 0 Å². The van der Waals surface area contributed by atoms with Crippen LogP contribution in [0.5, 0.6) is 0 Å². The number of nitrogens with one attached hydrogen (secondary N) is 1. The van der Waals surface area contributed by atoms with Crippen molar-refractivity contribution in [3.63, 3.8) is 0 Å². The zero-order valence-electron chi connectivity index (χ0n) is 12.3. The highest BCUT2D eigenvalue weighted by Crippen LogP contribution is 2.32. The first kappa shape index (κ1) is 13.4. The standard InChI is InChI=1S/C15H27N3O/c1-15(2)6-4-7-16-13(15)14(19)18-10-9-17-8-3-5-12(17)11-18/h12-13,16H,3-11H2,1-2H3. The normalized spacial score (nSPS) is 35.2. The number of piperazine rings is 1. The molecule has 3 rings (SSSR count). The maximum atomic E-state index is 12.8. The van der Waals surface area contributed by atoms with Crippen LogP contribution < -0.4 is 5.32 Å². The fraction of sp³-hybridized carbons (Fsp3) is 0.933. The highest BCUT2D eigenvalue weighted by atomic mass is 16.2. The van der Waals surface area contributed by atoms with Gasteiger partial charge in [-0.25, -0.2) is 0 Å². The van der Waals surface area contributed by atoms with Gasteiger partial charge in [-0.3, -0.25) is 9.69 Å². The molecule has 2 atom stereocenters. The third kappa shape index (κ3) is 2.52. The van der Waals surface area contributed by atoms with E-state index in [0.717, 1.165) is 32.6 Å². The first-order valence-corrected chi connectivity index (χ1v) is 7.84. The van der Waals surface area contributed by atoms with E-state index in [0.29, 0.717) is 11.9 Å². The SMILES string of the molecule is CC1(C)CCCNC1C(=O)N1CCN2CCCC2C1. The van der Waals surface area contributed by atoms with Crippen molar-refractivity contribution in [1.82, 2.24) is 15.1 Å². The lowest BCUT2D eigenvalue weighted by atomic mass is 9.77. The molecule has 3 heterocycles. The molecule has 0 radical (unpaired) electrons. The van der Waals surface area contributed by atoms with Crippen LogP contribution in [0.4, 0.5) is 0 Å². The Hall–Kier alpha value is -0.610.